The fraction of sp³-hybridized carbons (Fsp3) is 0.667. The van der Waals surface area contributed by atoms with E-state index in [1.807, 2.05) is 9.80 Å². The van der Waals surface area contributed by atoms with Crippen molar-refractivity contribution >= 4 is 11.8 Å². The predicted molar refractivity (Wildman–Crippen MR) is 91.9 cm³/mol. The van der Waals surface area contributed by atoms with Crippen molar-refractivity contribution in [3.8, 4) is 0 Å². The molecule has 136 valence electrons. The SMILES string of the molecule is Cc1ncc(C(=O)N2CCC3(CCC(=O)N(CCCO)C3)CC2)cn1. The van der Waals surface area contributed by atoms with Crippen molar-refractivity contribution in [3.63, 3.8) is 0 Å². The average molecular weight is 346 g/mol. The molecule has 2 aliphatic rings. The first kappa shape index (κ1) is 17.8. The van der Waals surface area contributed by atoms with Crippen LogP contribution in [0.25, 0.3) is 0 Å². The van der Waals surface area contributed by atoms with E-state index in [0.717, 1.165) is 25.8 Å². The Morgan fingerprint density at radius 1 is 1.24 bits per heavy atom. The summed E-state index contributed by atoms with van der Waals surface area (Å²) in [7, 11) is 0. The molecule has 2 amide bonds. The average Bonchev–Trinajstić information content (AvgIpc) is 2.63. The number of aliphatic hydroxyl groups excluding tert-OH is 1. The molecule has 25 heavy (non-hydrogen) atoms. The molecule has 3 heterocycles. The van der Waals surface area contributed by atoms with Crippen molar-refractivity contribution in [2.45, 2.75) is 39.0 Å². The van der Waals surface area contributed by atoms with Gasteiger partial charge in [0.05, 0.1) is 5.56 Å². The lowest BCUT2D eigenvalue weighted by Crippen LogP contribution is -2.52. The molecule has 0 atom stereocenters. The molecule has 2 aliphatic heterocycles. The van der Waals surface area contributed by atoms with Crippen LogP contribution in [-0.2, 0) is 4.79 Å². The smallest absolute Gasteiger partial charge is 0.256 e. The number of piperidine rings is 2. The zero-order valence-electron chi connectivity index (χ0n) is 14.8. The molecule has 1 spiro atoms. The largest absolute Gasteiger partial charge is 0.396 e. The van der Waals surface area contributed by atoms with E-state index in [-0.39, 0.29) is 23.8 Å². The number of carbonyl (C=O) groups is 2. The van der Waals surface area contributed by atoms with E-state index < -0.39 is 0 Å². The molecule has 3 rings (SSSR count). The van der Waals surface area contributed by atoms with Crippen LogP contribution in [0.15, 0.2) is 12.4 Å². The Hall–Kier alpha value is -2.02. The number of amides is 2. The number of nitrogens with zero attached hydrogens (tertiary/aromatic N) is 4. The molecule has 0 aliphatic carbocycles. The maximum Gasteiger partial charge on any atom is 0.256 e. The summed E-state index contributed by atoms with van der Waals surface area (Å²) in [6.45, 7) is 4.69. The standard InChI is InChI=1S/C18H26N4O3/c1-14-19-11-15(12-20-14)17(25)21-8-5-18(6-9-21)4-3-16(24)22(13-18)7-2-10-23/h11-12,23H,2-10,13H2,1H3. The Balaban J connectivity index is 1.60. The molecular weight excluding hydrogens is 320 g/mol. The Morgan fingerprint density at radius 2 is 1.92 bits per heavy atom. The molecule has 0 bridgehead atoms. The van der Waals surface area contributed by atoms with Gasteiger partial charge in [-0.1, -0.05) is 0 Å². The van der Waals surface area contributed by atoms with E-state index in [9.17, 15) is 9.59 Å². The monoisotopic (exact) mass is 346 g/mol. The summed E-state index contributed by atoms with van der Waals surface area (Å²) >= 11 is 0. The Bertz CT molecular complexity index is 624. The van der Waals surface area contributed by atoms with Crippen LogP contribution in [0.3, 0.4) is 0 Å². The quantitative estimate of drug-likeness (QED) is 0.879. The molecule has 0 saturated carbocycles. The van der Waals surface area contributed by atoms with E-state index in [2.05, 4.69) is 9.97 Å². The summed E-state index contributed by atoms with van der Waals surface area (Å²) in [5.41, 5.74) is 0.647. The van der Waals surface area contributed by atoms with E-state index in [0.29, 0.717) is 43.9 Å². The van der Waals surface area contributed by atoms with Gasteiger partial charge in [-0.15, -0.1) is 0 Å². The van der Waals surface area contributed by atoms with Gasteiger partial charge in [0.1, 0.15) is 5.82 Å². The molecule has 1 N–H and O–H groups in total. The summed E-state index contributed by atoms with van der Waals surface area (Å²) in [6, 6.07) is 0. The molecule has 2 saturated heterocycles. The molecule has 0 radical (unpaired) electrons. The fourth-order valence-electron chi connectivity index (χ4n) is 3.85. The second kappa shape index (κ2) is 7.47. The number of hydrogen-bond donors (Lipinski definition) is 1. The number of carbonyl (C=O) groups excluding carboxylic acids is 2. The predicted octanol–water partition coefficient (Wildman–Crippen LogP) is 1.01. The number of rotatable bonds is 4. The van der Waals surface area contributed by atoms with Gasteiger partial charge in [0.15, 0.2) is 0 Å². The first-order valence-electron chi connectivity index (χ1n) is 9.00. The van der Waals surface area contributed by atoms with Gasteiger partial charge < -0.3 is 14.9 Å². The lowest BCUT2D eigenvalue weighted by atomic mass is 9.72. The van der Waals surface area contributed by atoms with Gasteiger partial charge in [0.2, 0.25) is 5.91 Å². The topological polar surface area (TPSA) is 86.6 Å². The summed E-state index contributed by atoms with van der Waals surface area (Å²) in [5, 5.41) is 9.01. The third-order valence-electron chi connectivity index (χ3n) is 5.47. The molecule has 1 aromatic rings. The van der Waals surface area contributed by atoms with Crippen LogP contribution in [-0.4, -0.2) is 69.5 Å². The zero-order chi connectivity index (χ0) is 17.9. The van der Waals surface area contributed by atoms with Crippen LogP contribution in [0, 0.1) is 12.3 Å². The van der Waals surface area contributed by atoms with Crippen molar-refractivity contribution in [1.82, 2.24) is 19.8 Å². The van der Waals surface area contributed by atoms with Gasteiger partial charge in [0, 0.05) is 51.6 Å². The number of hydrogen-bond acceptors (Lipinski definition) is 5. The summed E-state index contributed by atoms with van der Waals surface area (Å²) in [4.78, 5) is 36.6. The van der Waals surface area contributed by atoms with Crippen LogP contribution < -0.4 is 0 Å². The maximum atomic E-state index is 12.6. The Kier molecular flexibility index (Phi) is 5.32. The van der Waals surface area contributed by atoms with E-state index in [4.69, 9.17) is 5.11 Å². The van der Waals surface area contributed by atoms with E-state index >= 15 is 0 Å². The highest BCUT2D eigenvalue weighted by Gasteiger charge is 2.41. The van der Waals surface area contributed by atoms with Crippen molar-refractivity contribution in [3.05, 3.63) is 23.8 Å². The van der Waals surface area contributed by atoms with Crippen molar-refractivity contribution in [2.24, 2.45) is 5.41 Å². The Labute approximate surface area is 148 Å². The van der Waals surface area contributed by atoms with Crippen LogP contribution in [0.2, 0.25) is 0 Å². The van der Waals surface area contributed by atoms with E-state index in [1.165, 1.54) is 0 Å². The molecule has 0 unspecified atom stereocenters. The van der Waals surface area contributed by atoms with Crippen LogP contribution in [0.5, 0.6) is 0 Å². The molecule has 2 fully saturated rings. The summed E-state index contributed by atoms with van der Waals surface area (Å²) in [5.74, 6) is 0.831. The van der Waals surface area contributed by atoms with Crippen molar-refractivity contribution in [1.29, 1.82) is 0 Å². The van der Waals surface area contributed by atoms with Gasteiger partial charge in [0.25, 0.3) is 5.91 Å². The highest BCUT2D eigenvalue weighted by Crippen LogP contribution is 2.40. The highest BCUT2D eigenvalue weighted by molar-refractivity contribution is 5.93. The zero-order valence-corrected chi connectivity index (χ0v) is 14.8. The van der Waals surface area contributed by atoms with Crippen LogP contribution >= 0.6 is 0 Å². The minimum absolute atomic E-state index is 0.0149. The third-order valence-corrected chi connectivity index (χ3v) is 5.47. The molecule has 7 heteroatoms. The van der Waals surface area contributed by atoms with Crippen molar-refractivity contribution < 1.29 is 14.7 Å². The van der Waals surface area contributed by atoms with Gasteiger partial charge in [-0.05, 0) is 38.0 Å². The minimum atomic E-state index is -0.0149. The Morgan fingerprint density at radius 3 is 2.56 bits per heavy atom. The van der Waals surface area contributed by atoms with Gasteiger partial charge >= 0.3 is 0 Å². The van der Waals surface area contributed by atoms with Gasteiger partial charge in [-0.25, -0.2) is 9.97 Å². The molecule has 7 nitrogen and oxygen atoms in total. The lowest BCUT2D eigenvalue weighted by molar-refractivity contribution is -0.139. The van der Waals surface area contributed by atoms with E-state index in [1.54, 1.807) is 19.3 Å². The first-order chi connectivity index (χ1) is 12.0. The van der Waals surface area contributed by atoms with Crippen LogP contribution in [0.1, 0.15) is 48.3 Å². The van der Waals surface area contributed by atoms with Gasteiger partial charge in [-0.3, -0.25) is 9.59 Å². The second-order valence-corrected chi connectivity index (χ2v) is 7.20. The summed E-state index contributed by atoms with van der Waals surface area (Å²) in [6.07, 6.45) is 7.10. The molecule has 1 aromatic heterocycles. The normalized spacial score (nSPS) is 20.2. The fourth-order valence-corrected chi connectivity index (χ4v) is 3.85. The highest BCUT2D eigenvalue weighted by atomic mass is 16.3. The lowest BCUT2D eigenvalue weighted by Gasteiger charge is -2.47. The number of aliphatic hydroxyl groups is 1. The summed E-state index contributed by atoms with van der Waals surface area (Å²) < 4.78 is 0. The number of aryl methyl sites for hydroxylation is 1. The first-order valence-corrected chi connectivity index (χ1v) is 9.00. The molecular formula is C18H26N4O3. The molecule has 0 aromatic carbocycles. The van der Waals surface area contributed by atoms with Gasteiger partial charge in [-0.2, -0.15) is 0 Å². The minimum Gasteiger partial charge on any atom is -0.396 e. The third kappa shape index (κ3) is 3.98. The number of likely N-dealkylation sites (tertiary alicyclic amines) is 2. The van der Waals surface area contributed by atoms with Crippen molar-refractivity contribution in [2.75, 3.05) is 32.8 Å². The number of aromatic nitrogens is 2. The maximum absolute atomic E-state index is 12.6. The van der Waals surface area contributed by atoms with Crippen LogP contribution in [0.4, 0.5) is 0 Å². The second-order valence-electron chi connectivity index (χ2n) is 7.20.